The summed E-state index contributed by atoms with van der Waals surface area (Å²) in [6.07, 6.45) is 1.12. The van der Waals surface area contributed by atoms with E-state index in [0.717, 1.165) is 17.7 Å². The first-order valence-corrected chi connectivity index (χ1v) is 6.74. The van der Waals surface area contributed by atoms with Crippen LogP contribution in [0.4, 0.5) is 0 Å². The molecular weight excluding hydrogens is 236 g/mol. The summed E-state index contributed by atoms with van der Waals surface area (Å²) in [6, 6.07) is 17.8. The molecule has 0 amide bonds. The van der Waals surface area contributed by atoms with Crippen molar-refractivity contribution in [3.63, 3.8) is 0 Å². The van der Waals surface area contributed by atoms with Gasteiger partial charge in [-0.2, -0.15) is 0 Å². The number of hydrogen-bond donors (Lipinski definition) is 1. The zero-order valence-corrected chi connectivity index (χ0v) is 11.3. The van der Waals surface area contributed by atoms with Crippen molar-refractivity contribution in [2.45, 2.75) is 25.9 Å². The van der Waals surface area contributed by atoms with E-state index in [2.05, 4.69) is 19.1 Å². The normalized spacial score (nSPS) is 12.1. The van der Waals surface area contributed by atoms with E-state index in [-0.39, 0.29) is 0 Å². The molecule has 0 aliphatic carbocycles. The molecule has 0 aliphatic heterocycles. The minimum atomic E-state index is -0.463. The monoisotopic (exact) mass is 256 g/mol. The maximum atomic E-state index is 10.1. The molecule has 0 spiro atoms. The number of benzene rings is 2. The molecule has 0 aliphatic rings. The molecule has 2 aromatic rings. The molecule has 0 bridgehead atoms. The zero-order valence-electron chi connectivity index (χ0n) is 11.3. The second-order valence-electron chi connectivity index (χ2n) is 4.56. The Hall–Kier alpha value is -1.80. The SMILES string of the molecule is CCc1cccc(C(O)CCOc2ccccc2)c1. The Labute approximate surface area is 114 Å². The van der Waals surface area contributed by atoms with Crippen LogP contribution in [-0.2, 0) is 6.42 Å². The minimum absolute atomic E-state index is 0.463. The fourth-order valence-corrected chi connectivity index (χ4v) is 1.99. The van der Waals surface area contributed by atoms with E-state index in [0.29, 0.717) is 13.0 Å². The van der Waals surface area contributed by atoms with Crippen LogP contribution in [0.1, 0.15) is 30.6 Å². The average molecular weight is 256 g/mol. The van der Waals surface area contributed by atoms with Crippen LogP contribution >= 0.6 is 0 Å². The van der Waals surface area contributed by atoms with Crippen LogP contribution in [0.15, 0.2) is 54.6 Å². The largest absolute Gasteiger partial charge is 0.493 e. The van der Waals surface area contributed by atoms with Crippen molar-refractivity contribution in [3.05, 3.63) is 65.7 Å². The third-order valence-electron chi connectivity index (χ3n) is 3.15. The van der Waals surface area contributed by atoms with Gasteiger partial charge in [-0.15, -0.1) is 0 Å². The molecule has 2 aromatic carbocycles. The number of ether oxygens (including phenoxy) is 1. The molecule has 19 heavy (non-hydrogen) atoms. The van der Waals surface area contributed by atoms with Crippen LogP contribution in [-0.4, -0.2) is 11.7 Å². The Balaban J connectivity index is 1.85. The lowest BCUT2D eigenvalue weighted by Gasteiger charge is -2.13. The quantitative estimate of drug-likeness (QED) is 0.853. The number of aliphatic hydroxyl groups is 1. The highest BCUT2D eigenvalue weighted by Gasteiger charge is 2.08. The molecule has 0 radical (unpaired) electrons. The fourth-order valence-electron chi connectivity index (χ4n) is 1.99. The number of rotatable bonds is 6. The first-order chi connectivity index (χ1) is 9.29. The maximum Gasteiger partial charge on any atom is 0.119 e. The van der Waals surface area contributed by atoms with Crippen LogP contribution < -0.4 is 4.74 Å². The second kappa shape index (κ2) is 6.95. The molecule has 0 heterocycles. The van der Waals surface area contributed by atoms with Crippen molar-refractivity contribution >= 4 is 0 Å². The van der Waals surface area contributed by atoms with Gasteiger partial charge in [0, 0.05) is 6.42 Å². The molecule has 2 heteroatoms. The third-order valence-corrected chi connectivity index (χ3v) is 3.15. The van der Waals surface area contributed by atoms with Gasteiger partial charge in [-0.1, -0.05) is 49.4 Å². The van der Waals surface area contributed by atoms with E-state index in [4.69, 9.17) is 4.74 Å². The number of aryl methyl sites for hydroxylation is 1. The van der Waals surface area contributed by atoms with Crippen molar-refractivity contribution < 1.29 is 9.84 Å². The average Bonchev–Trinajstić information content (AvgIpc) is 2.48. The molecule has 100 valence electrons. The van der Waals surface area contributed by atoms with Gasteiger partial charge >= 0.3 is 0 Å². The molecule has 0 saturated carbocycles. The highest BCUT2D eigenvalue weighted by molar-refractivity contribution is 5.25. The standard InChI is InChI=1S/C17H20O2/c1-2-14-7-6-8-15(13-14)17(18)11-12-19-16-9-4-3-5-10-16/h3-10,13,17-18H,2,11-12H2,1H3. The summed E-state index contributed by atoms with van der Waals surface area (Å²) in [5.41, 5.74) is 2.22. The van der Waals surface area contributed by atoms with Gasteiger partial charge in [0.25, 0.3) is 0 Å². The van der Waals surface area contributed by atoms with Gasteiger partial charge in [-0.05, 0) is 29.7 Å². The zero-order chi connectivity index (χ0) is 13.5. The number of aliphatic hydroxyl groups excluding tert-OH is 1. The van der Waals surface area contributed by atoms with Crippen molar-refractivity contribution in [1.82, 2.24) is 0 Å². The van der Waals surface area contributed by atoms with Crippen LogP contribution in [0.3, 0.4) is 0 Å². The minimum Gasteiger partial charge on any atom is -0.493 e. The molecule has 1 N–H and O–H groups in total. The van der Waals surface area contributed by atoms with E-state index in [1.807, 2.05) is 42.5 Å². The van der Waals surface area contributed by atoms with Gasteiger partial charge in [0.2, 0.25) is 0 Å². The van der Waals surface area contributed by atoms with E-state index >= 15 is 0 Å². The van der Waals surface area contributed by atoms with Gasteiger partial charge in [-0.25, -0.2) is 0 Å². The molecule has 2 nitrogen and oxygen atoms in total. The topological polar surface area (TPSA) is 29.5 Å². The van der Waals surface area contributed by atoms with Crippen LogP contribution in [0, 0.1) is 0 Å². The Morgan fingerprint density at radius 2 is 1.84 bits per heavy atom. The molecule has 0 saturated heterocycles. The molecular formula is C17H20O2. The first-order valence-electron chi connectivity index (χ1n) is 6.74. The lowest BCUT2D eigenvalue weighted by atomic mass is 10.0. The summed E-state index contributed by atoms with van der Waals surface area (Å²) in [6.45, 7) is 2.63. The van der Waals surface area contributed by atoms with Gasteiger partial charge in [-0.3, -0.25) is 0 Å². The molecule has 2 rings (SSSR count). The highest BCUT2D eigenvalue weighted by atomic mass is 16.5. The molecule has 0 aromatic heterocycles. The molecule has 1 unspecified atom stereocenters. The fraction of sp³-hybridized carbons (Fsp3) is 0.294. The second-order valence-corrected chi connectivity index (χ2v) is 4.56. The lowest BCUT2D eigenvalue weighted by Crippen LogP contribution is -2.05. The first kappa shape index (κ1) is 13.6. The lowest BCUT2D eigenvalue weighted by molar-refractivity contribution is 0.140. The van der Waals surface area contributed by atoms with Crippen molar-refractivity contribution in [3.8, 4) is 5.75 Å². The maximum absolute atomic E-state index is 10.1. The number of hydrogen-bond acceptors (Lipinski definition) is 2. The van der Waals surface area contributed by atoms with Gasteiger partial charge in [0.15, 0.2) is 0 Å². The van der Waals surface area contributed by atoms with E-state index in [9.17, 15) is 5.11 Å². The summed E-state index contributed by atoms with van der Waals surface area (Å²) in [7, 11) is 0. The van der Waals surface area contributed by atoms with Crippen LogP contribution in [0.2, 0.25) is 0 Å². The van der Waals surface area contributed by atoms with Crippen molar-refractivity contribution in [2.75, 3.05) is 6.61 Å². The Morgan fingerprint density at radius 3 is 2.58 bits per heavy atom. The van der Waals surface area contributed by atoms with E-state index in [1.54, 1.807) is 0 Å². The van der Waals surface area contributed by atoms with Gasteiger partial charge in [0.1, 0.15) is 5.75 Å². The van der Waals surface area contributed by atoms with Crippen LogP contribution in [0.5, 0.6) is 5.75 Å². The van der Waals surface area contributed by atoms with Crippen LogP contribution in [0.25, 0.3) is 0 Å². The van der Waals surface area contributed by atoms with Gasteiger partial charge in [0.05, 0.1) is 12.7 Å². The highest BCUT2D eigenvalue weighted by Crippen LogP contribution is 2.19. The van der Waals surface area contributed by atoms with E-state index in [1.165, 1.54) is 5.56 Å². The van der Waals surface area contributed by atoms with E-state index < -0.39 is 6.10 Å². The van der Waals surface area contributed by atoms with Gasteiger partial charge < -0.3 is 9.84 Å². The summed E-state index contributed by atoms with van der Waals surface area (Å²) in [5.74, 6) is 0.844. The predicted octanol–water partition coefficient (Wildman–Crippen LogP) is 3.75. The Morgan fingerprint density at radius 1 is 1.05 bits per heavy atom. The Bertz CT molecular complexity index is 494. The molecule has 1 atom stereocenters. The Kier molecular flexibility index (Phi) is 4.99. The predicted molar refractivity (Wildman–Crippen MR) is 77.3 cm³/mol. The molecule has 0 fully saturated rings. The van der Waals surface area contributed by atoms with Crippen molar-refractivity contribution in [2.24, 2.45) is 0 Å². The third kappa shape index (κ3) is 4.11. The summed E-state index contributed by atoms with van der Waals surface area (Å²) >= 11 is 0. The number of para-hydroxylation sites is 1. The smallest absolute Gasteiger partial charge is 0.119 e. The van der Waals surface area contributed by atoms with Crippen molar-refractivity contribution in [1.29, 1.82) is 0 Å². The summed E-state index contributed by atoms with van der Waals surface area (Å²) in [4.78, 5) is 0. The summed E-state index contributed by atoms with van der Waals surface area (Å²) in [5, 5.41) is 10.1. The summed E-state index contributed by atoms with van der Waals surface area (Å²) < 4.78 is 5.59.